The lowest BCUT2D eigenvalue weighted by molar-refractivity contribution is -0.135. The molecule has 0 unspecified atom stereocenters. The van der Waals surface area contributed by atoms with Crippen molar-refractivity contribution in [2.45, 2.75) is 44.3 Å². The average Bonchev–Trinajstić information content (AvgIpc) is 2.44. The number of halogens is 3. The topological polar surface area (TPSA) is 83.8 Å². The highest BCUT2D eigenvalue weighted by molar-refractivity contribution is 6.30. The van der Waals surface area contributed by atoms with Crippen molar-refractivity contribution in [2.24, 2.45) is 5.11 Å². The molecule has 2 aromatic rings. The van der Waals surface area contributed by atoms with Gasteiger partial charge in [-0.1, -0.05) is 30.6 Å². The number of pyridine rings is 2. The van der Waals surface area contributed by atoms with Crippen LogP contribution in [-0.2, 0) is 5.54 Å². The Labute approximate surface area is 141 Å². The fourth-order valence-electron chi connectivity index (χ4n) is 2.68. The van der Waals surface area contributed by atoms with Crippen LogP contribution in [0.4, 0.5) is 8.78 Å². The Morgan fingerprint density at radius 3 is 2.67 bits per heavy atom. The highest BCUT2D eigenvalue weighted by Gasteiger charge is 2.47. The minimum Gasteiger partial charge on any atom is -0.473 e. The van der Waals surface area contributed by atoms with Crippen LogP contribution in [0.5, 0.6) is 5.88 Å². The lowest BCUT2D eigenvalue weighted by Gasteiger charge is -2.34. The van der Waals surface area contributed by atoms with Crippen LogP contribution in [0.15, 0.2) is 23.6 Å². The van der Waals surface area contributed by atoms with Crippen molar-refractivity contribution in [3.63, 3.8) is 0 Å². The van der Waals surface area contributed by atoms with Crippen molar-refractivity contribution < 1.29 is 13.5 Å². The largest absolute Gasteiger partial charge is 0.473 e. The van der Waals surface area contributed by atoms with Crippen molar-refractivity contribution >= 4 is 22.4 Å². The van der Waals surface area contributed by atoms with Crippen LogP contribution in [0.1, 0.15) is 32.3 Å². The van der Waals surface area contributed by atoms with E-state index in [9.17, 15) is 8.78 Å². The molecule has 6 nitrogen and oxygen atoms in total. The summed E-state index contributed by atoms with van der Waals surface area (Å²) in [5.74, 6) is -2.46. The van der Waals surface area contributed by atoms with Gasteiger partial charge in [0.05, 0.1) is 10.9 Å². The Hall–Kier alpha value is -2.18. The fourth-order valence-corrected chi connectivity index (χ4v) is 2.84. The number of hydrogen-bond donors (Lipinski definition) is 0. The zero-order valence-corrected chi connectivity index (χ0v) is 13.8. The maximum atomic E-state index is 13.0. The molecule has 126 valence electrons. The second-order valence-electron chi connectivity index (χ2n) is 6.28. The van der Waals surface area contributed by atoms with Gasteiger partial charge in [-0.25, -0.2) is 18.7 Å². The molecule has 1 saturated carbocycles. The molecule has 0 radical (unpaired) electrons. The van der Waals surface area contributed by atoms with Gasteiger partial charge in [-0.15, -0.1) is 0 Å². The standard InChI is InChI=1S/C15H14ClF2N5O/c1-14(2,22-23-19)11-7-21-13(24-8-4-15(17,18)5-8)10-6-20-12(16)3-9(10)11/h3,6-8H,4-5H2,1-2H3. The first-order valence-corrected chi connectivity index (χ1v) is 7.65. The Morgan fingerprint density at radius 2 is 2.04 bits per heavy atom. The number of nitrogens with zero attached hydrogens (tertiary/aromatic N) is 5. The van der Waals surface area contributed by atoms with Crippen LogP contribution in [0, 0.1) is 0 Å². The van der Waals surface area contributed by atoms with E-state index in [1.807, 2.05) is 0 Å². The Kier molecular flexibility index (Phi) is 3.97. The van der Waals surface area contributed by atoms with Gasteiger partial charge >= 0.3 is 0 Å². The van der Waals surface area contributed by atoms with Crippen LogP contribution in [-0.4, -0.2) is 22.0 Å². The van der Waals surface area contributed by atoms with Crippen molar-refractivity contribution in [2.75, 3.05) is 0 Å². The van der Waals surface area contributed by atoms with E-state index >= 15 is 0 Å². The molecule has 3 rings (SSSR count). The Morgan fingerprint density at radius 1 is 1.33 bits per heavy atom. The zero-order chi connectivity index (χ0) is 17.5. The minimum atomic E-state index is -2.68. The first-order valence-electron chi connectivity index (χ1n) is 7.27. The molecule has 24 heavy (non-hydrogen) atoms. The number of aromatic nitrogens is 2. The minimum absolute atomic E-state index is 0.218. The highest BCUT2D eigenvalue weighted by Crippen LogP contribution is 2.41. The molecule has 0 bridgehead atoms. The Balaban J connectivity index is 2.06. The molecule has 1 aliphatic rings. The predicted molar refractivity (Wildman–Crippen MR) is 85.3 cm³/mol. The number of fused-ring (bicyclic) bond motifs is 1. The summed E-state index contributed by atoms with van der Waals surface area (Å²) in [6.07, 6.45) is 1.75. The number of ether oxygens (including phenoxy) is 1. The van der Waals surface area contributed by atoms with E-state index in [0.29, 0.717) is 16.3 Å². The number of rotatable bonds is 4. The van der Waals surface area contributed by atoms with Gasteiger partial charge in [0.1, 0.15) is 11.3 Å². The van der Waals surface area contributed by atoms with E-state index < -0.39 is 17.6 Å². The molecule has 0 aromatic carbocycles. The molecule has 0 amide bonds. The van der Waals surface area contributed by atoms with Crippen LogP contribution < -0.4 is 4.74 Å². The second kappa shape index (κ2) is 5.72. The Bertz CT molecular complexity index is 843. The molecule has 2 aromatic heterocycles. The summed E-state index contributed by atoms with van der Waals surface area (Å²) in [7, 11) is 0. The third kappa shape index (κ3) is 3.07. The van der Waals surface area contributed by atoms with Gasteiger partial charge in [-0.2, -0.15) is 0 Å². The van der Waals surface area contributed by atoms with E-state index in [2.05, 4.69) is 20.0 Å². The van der Waals surface area contributed by atoms with Gasteiger partial charge in [-0.3, -0.25) is 0 Å². The maximum Gasteiger partial charge on any atom is 0.255 e. The van der Waals surface area contributed by atoms with Gasteiger partial charge in [0.15, 0.2) is 0 Å². The van der Waals surface area contributed by atoms with E-state index in [1.165, 1.54) is 12.4 Å². The molecular weight excluding hydrogens is 340 g/mol. The van der Waals surface area contributed by atoms with Gasteiger partial charge in [-0.05, 0) is 22.5 Å². The van der Waals surface area contributed by atoms with E-state index in [4.69, 9.17) is 21.9 Å². The van der Waals surface area contributed by atoms with Crippen LogP contribution >= 0.6 is 11.6 Å². The van der Waals surface area contributed by atoms with Crippen LogP contribution in [0.3, 0.4) is 0 Å². The molecular formula is C15H14ClF2N5O. The molecule has 0 aliphatic heterocycles. The third-order valence-electron chi connectivity index (χ3n) is 3.99. The smallest absolute Gasteiger partial charge is 0.255 e. The van der Waals surface area contributed by atoms with E-state index in [0.717, 1.165) is 0 Å². The average molecular weight is 354 g/mol. The first kappa shape index (κ1) is 16.7. The number of hydrogen-bond acceptors (Lipinski definition) is 4. The summed E-state index contributed by atoms with van der Waals surface area (Å²) < 4.78 is 31.6. The zero-order valence-electron chi connectivity index (χ0n) is 13.0. The molecule has 0 spiro atoms. The summed E-state index contributed by atoms with van der Waals surface area (Å²) in [5, 5.41) is 5.23. The van der Waals surface area contributed by atoms with Crippen molar-refractivity contribution in [3.8, 4) is 5.88 Å². The highest BCUT2D eigenvalue weighted by atomic mass is 35.5. The number of azide groups is 1. The van der Waals surface area contributed by atoms with Crippen LogP contribution in [0.2, 0.25) is 5.15 Å². The molecule has 0 atom stereocenters. The monoisotopic (exact) mass is 353 g/mol. The molecule has 1 fully saturated rings. The molecule has 2 heterocycles. The van der Waals surface area contributed by atoms with Gasteiger partial charge in [0.2, 0.25) is 5.88 Å². The molecule has 0 N–H and O–H groups in total. The SMILES string of the molecule is CC(C)(N=[N+]=[N-])c1cnc(OC2CC(F)(F)C2)c2cnc(Cl)cc12. The van der Waals surface area contributed by atoms with E-state index in [-0.39, 0.29) is 23.9 Å². The molecule has 9 heteroatoms. The third-order valence-corrected chi connectivity index (χ3v) is 4.19. The summed E-state index contributed by atoms with van der Waals surface area (Å²) in [5.41, 5.74) is 8.53. The quantitative estimate of drug-likeness (QED) is 0.335. The lowest BCUT2D eigenvalue weighted by Crippen LogP contribution is -2.43. The summed E-state index contributed by atoms with van der Waals surface area (Å²) >= 11 is 5.98. The summed E-state index contributed by atoms with van der Waals surface area (Å²) in [4.78, 5) is 11.1. The summed E-state index contributed by atoms with van der Waals surface area (Å²) in [6.45, 7) is 3.48. The molecule has 1 aliphatic carbocycles. The van der Waals surface area contributed by atoms with Crippen molar-refractivity contribution in [3.05, 3.63) is 39.6 Å². The lowest BCUT2D eigenvalue weighted by atomic mass is 9.90. The van der Waals surface area contributed by atoms with Crippen molar-refractivity contribution in [1.82, 2.24) is 9.97 Å². The normalized spacial score (nSPS) is 17.2. The van der Waals surface area contributed by atoms with E-state index in [1.54, 1.807) is 19.9 Å². The second-order valence-corrected chi connectivity index (χ2v) is 6.67. The molecule has 0 saturated heterocycles. The van der Waals surface area contributed by atoms with Crippen molar-refractivity contribution in [1.29, 1.82) is 0 Å². The number of alkyl halides is 2. The first-order chi connectivity index (χ1) is 11.2. The fraction of sp³-hybridized carbons (Fsp3) is 0.467. The van der Waals surface area contributed by atoms with Gasteiger partial charge in [0.25, 0.3) is 5.92 Å². The van der Waals surface area contributed by atoms with Gasteiger partial charge < -0.3 is 4.74 Å². The summed E-state index contributed by atoms with van der Waals surface area (Å²) in [6, 6.07) is 1.62. The van der Waals surface area contributed by atoms with Crippen LogP contribution in [0.25, 0.3) is 21.2 Å². The predicted octanol–water partition coefficient (Wildman–Crippen LogP) is 5.01. The maximum absolute atomic E-state index is 13.0. The van der Waals surface area contributed by atoms with Gasteiger partial charge in [0, 0.05) is 30.1 Å².